The monoisotopic (exact) mass is 419 g/mol. The number of aryl methyl sites for hydroxylation is 3. The average molecular weight is 420 g/mol. The van der Waals surface area contributed by atoms with Crippen LogP contribution < -0.4 is 9.47 Å². The van der Waals surface area contributed by atoms with Crippen molar-refractivity contribution >= 4 is 0 Å². The molecule has 0 radical (unpaired) electrons. The molecule has 0 N–H and O–H groups in total. The van der Waals surface area contributed by atoms with E-state index in [1.165, 1.54) is 44.6 Å². The Morgan fingerprint density at radius 3 is 2.03 bits per heavy atom. The lowest BCUT2D eigenvalue weighted by molar-refractivity contribution is 0.355. The van der Waals surface area contributed by atoms with E-state index in [1.807, 2.05) is 6.07 Å². The van der Waals surface area contributed by atoms with Gasteiger partial charge in [-0.05, 0) is 71.7 Å². The maximum Gasteiger partial charge on any atom is 0.161 e. The number of fused-ring (bicyclic) bond motifs is 7. The molecule has 4 aromatic rings. The fraction of sp³-hybridized carbons (Fsp3) is 0.207. The molecule has 32 heavy (non-hydrogen) atoms. The summed E-state index contributed by atoms with van der Waals surface area (Å²) in [7, 11) is 3.36. The fourth-order valence-electron chi connectivity index (χ4n) is 5.40. The van der Waals surface area contributed by atoms with Gasteiger partial charge >= 0.3 is 0 Å². The second kappa shape index (κ2) is 7.52. The third-order valence-electron chi connectivity index (χ3n) is 6.88. The van der Waals surface area contributed by atoms with Crippen molar-refractivity contribution < 1.29 is 9.47 Å². The Balaban J connectivity index is 1.68. The van der Waals surface area contributed by atoms with Crippen molar-refractivity contribution in [1.82, 2.24) is 4.98 Å². The van der Waals surface area contributed by atoms with Crippen LogP contribution in [-0.4, -0.2) is 19.2 Å². The van der Waals surface area contributed by atoms with E-state index in [0.717, 1.165) is 48.4 Å². The largest absolute Gasteiger partial charge is 0.493 e. The second-order valence-corrected chi connectivity index (χ2v) is 8.52. The van der Waals surface area contributed by atoms with Gasteiger partial charge in [-0.15, -0.1) is 0 Å². The first-order valence-corrected chi connectivity index (χ1v) is 11.2. The molecule has 0 spiro atoms. The van der Waals surface area contributed by atoms with Gasteiger partial charge in [-0.3, -0.25) is 4.98 Å². The van der Waals surface area contributed by atoms with Crippen molar-refractivity contribution in [3.63, 3.8) is 0 Å². The number of rotatable bonds is 3. The van der Waals surface area contributed by atoms with Crippen LogP contribution in [0.25, 0.3) is 33.5 Å². The summed E-state index contributed by atoms with van der Waals surface area (Å²) in [6, 6.07) is 23.8. The first kappa shape index (κ1) is 19.1. The predicted molar refractivity (Wildman–Crippen MR) is 128 cm³/mol. The Hall–Kier alpha value is -3.59. The van der Waals surface area contributed by atoms with Gasteiger partial charge in [-0.2, -0.15) is 0 Å². The molecule has 3 nitrogen and oxygen atoms in total. The van der Waals surface area contributed by atoms with Gasteiger partial charge in [0.2, 0.25) is 0 Å². The molecule has 158 valence electrons. The summed E-state index contributed by atoms with van der Waals surface area (Å²) in [5.74, 6) is 1.46. The van der Waals surface area contributed by atoms with Crippen LogP contribution in [0.1, 0.15) is 22.4 Å². The molecule has 0 aliphatic heterocycles. The van der Waals surface area contributed by atoms with Crippen LogP contribution in [0.3, 0.4) is 0 Å². The molecule has 3 aromatic carbocycles. The lowest BCUT2D eigenvalue weighted by atomic mass is 9.76. The summed E-state index contributed by atoms with van der Waals surface area (Å²) in [6.45, 7) is 0. The Bertz CT molecular complexity index is 1360. The maximum atomic E-state index is 5.62. The third-order valence-corrected chi connectivity index (χ3v) is 6.88. The molecule has 0 bridgehead atoms. The number of ether oxygens (including phenoxy) is 2. The van der Waals surface area contributed by atoms with E-state index in [0.29, 0.717) is 0 Å². The number of hydrogen-bond acceptors (Lipinski definition) is 3. The number of methoxy groups -OCH3 is 2. The zero-order chi connectivity index (χ0) is 21.7. The van der Waals surface area contributed by atoms with E-state index in [1.54, 1.807) is 14.2 Å². The minimum atomic E-state index is 0.729. The van der Waals surface area contributed by atoms with Gasteiger partial charge in [-0.25, -0.2) is 0 Å². The van der Waals surface area contributed by atoms with Gasteiger partial charge in [0.15, 0.2) is 11.5 Å². The fourth-order valence-corrected chi connectivity index (χ4v) is 5.40. The molecule has 0 atom stereocenters. The SMILES string of the molecule is COc1ccc(-c2nc3c(c4c2-c2ccccc2CC4)-c2ccccc2CC3)cc1OC. The zero-order valence-electron chi connectivity index (χ0n) is 18.4. The van der Waals surface area contributed by atoms with Crippen molar-refractivity contribution in [1.29, 1.82) is 0 Å². The van der Waals surface area contributed by atoms with Crippen LogP contribution >= 0.6 is 0 Å². The zero-order valence-corrected chi connectivity index (χ0v) is 18.4. The van der Waals surface area contributed by atoms with Gasteiger partial charge in [0.05, 0.1) is 19.9 Å². The van der Waals surface area contributed by atoms with E-state index >= 15 is 0 Å². The molecular weight excluding hydrogens is 394 g/mol. The molecule has 1 aromatic heterocycles. The van der Waals surface area contributed by atoms with Gasteiger partial charge in [0, 0.05) is 22.4 Å². The average Bonchev–Trinajstić information content (AvgIpc) is 2.87. The minimum absolute atomic E-state index is 0.729. The molecule has 0 saturated carbocycles. The molecule has 3 heteroatoms. The molecule has 2 aliphatic rings. The summed E-state index contributed by atoms with van der Waals surface area (Å²) in [4.78, 5) is 5.33. The molecule has 0 saturated heterocycles. The van der Waals surface area contributed by atoms with Crippen LogP contribution in [0.5, 0.6) is 11.5 Å². The van der Waals surface area contributed by atoms with Crippen LogP contribution in [0.15, 0.2) is 66.7 Å². The van der Waals surface area contributed by atoms with Crippen molar-refractivity contribution in [2.45, 2.75) is 25.7 Å². The van der Waals surface area contributed by atoms with Crippen LogP contribution in [0, 0.1) is 0 Å². The first-order chi connectivity index (χ1) is 15.8. The summed E-state index contributed by atoms with van der Waals surface area (Å²) < 4.78 is 11.1. The molecule has 2 aliphatic carbocycles. The third kappa shape index (κ3) is 2.85. The first-order valence-electron chi connectivity index (χ1n) is 11.2. The van der Waals surface area contributed by atoms with Crippen LogP contribution in [0.2, 0.25) is 0 Å². The van der Waals surface area contributed by atoms with E-state index < -0.39 is 0 Å². The van der Waals surface area contributed by atoms with Crippen LogP contribution in [0.4, 0.5) is 0 Å². The Morgan fingerprint density at radius 1 is 0.656 bits per heavy atom. The molecular formula is C29H25NO2. The molecule has 0 unspecified atom stereocenters. The highest BCUT2D eigenvalue weighted by Crippen LogP contribution is 2.47. The summed E-state index contributed by atoms with van der Waals surface area (Å²) in [5.41, 5.74) is 12.9. The second-order valence-electron chi connectivity index (χ2n) is 8.52. The smallest absolute Gasteiger partial charge is 0.161 e. The van der Waals surface area contributed by atoms with Gasteiger partial charge in [0.1, 0.15) is 0 Å². The van der Waals surface area contributed by atoms with Crippen molar-refractivity contribution in [3.8, 4) is 45.0 Å². The molecule has 0 amide bonds. The lowest BCUT2D eigenvalue weighted by Gasteiger charge is -2.30. The van der Waals surface area contributed by atoms with E-state index in [-0.39, 0.29) is 0 Å². The Morgan fingerprint density at radius 2 is 1.31 bits per heavy atom. The maximum absolute atomic E-state index is 5.62. The highest BCUT2D eigenvalue weighted by molar-refractivity contribution is 5.92. The van der Waals surface area contributed by atoms with Gasteiger partial charge < -0.3 is 9.47 Å². The highest BCUT2D eigenvalue weighted by Gasteiger charge is 2.29. The topological polar surface area (TPSA) is 31.4 Å². The summed E-state index contributed by atoms with van der Waals surface area (Å²) >= 11 is 0. The molecule has 1 heterocycles. The molecule has 6 rings (SSSR count). The van der Waals surface area contributed by atoms with Crippen molar-refractivity contribution in [2.75, 3.05) is 14.2 Å². The van der Waals surface area contributed by atoms with E-state index in [2.05, 4.69) is 60.7 Å². The standard InChI is InChI=1S/C29H25NO2/c1-31-25-16-13-20(17-26(25)32-2)29-28-22-10-6-4-7-18(22)11-14-23(28)27-21-9-5-3-8-19(21)12-15-24(27)30-29/h3-10,13,16-17H,11-12,14-15H2,1-2H3. The quantitative estimate of drug-likeness (QED) is 0.391. The van der Waals surface area contributed by atoms with Crippen molar-refractivity contribution in [3.05, 3.63) is 89.1 Å². The highest BCUT2D eigenvalue weighted by atomic mass is 16.5. The predicted octanol–water partition coefficient (Wildman–Crippen LogP) is 6.30. The number of nitrogens with zero attached hydrogens (tertiary/aromatic N) is 1. The minimum Gasteiger partial charge on any atom is -0.493 e. The van der Waals surface area contributed by atoms with Crippen LogP contribution in [-0.2, 0) is 25.7 Å². The van der Waals surface area contributed by atoms with Crippen molar-refractivity contribution in [2.24, 2.45) is 0 Å². The van der Waals surface area contributed by atoms with E-state index in [9.17, 15) is 0 Å². The number of aromatic nitrogens is 1. The number of hydrogen-bond donors (Lipinski definition) is 0. The lowest BCUT2D eigenvalue weighted by Crippen LogP contribution is -2.15. The Labute approximate surface area is 188 Å². The number of pyridine rings is 1. The molecule has 0 fully saturated rings. The van der Waals surface area contributed by atoms with Gasteiger partial charge in [0.25, 0.3) is 0 Å². The normalized spacial score (nSPS) is 13.4. The summed E-state index contributed by atoms with van der Waals surface area (Å²) in [6.07, 6.45) is 4.11. The van der Waals surface area contributed by atoms with Gasteiger partial charge in [-0.1, -0.05) is 48.5 Å². The number of benzene rings is 3. The van der Waals surface area contributed by atoms with E-state index in [4.69, 9.17) is 14.5 Å². The summed E-state index contributed by atoms with van der Waals surface area (Å²) in [5, 5.41) is 0. The Kier molecular flexibility index (Phi) is 4.50.